The van der Waals surface area contributed by atoms with E-state index in [0.29, 0.717) is 12.8 Å². The molecular weight excluding hydrogens is 540 g/mol. The first-order chi connectivity index (χ1) is 21.7. The van der Waals surface area contributed by atoms with Crippen LogP contribution in [0.25, 0.3) is 0 Å². The molecule has 0 bridgehead atoms. The SMILES string of the molecule is CCCCCCCC/C=C\CCCCCCCCCCCC(=O)NNC(=O)CCCCCCCCCCCCCCCCC. The Balaban J connectivity index is 3.29. The predicted molar refractivity (Wildman–Crippen MR) is 194 cm³/mol. The lowest BCUT2D eigenvalue weighted by molar-refractivity contribution is -0.129. The van der Waals surface area contributed by atoms with Crippen LogP contribution in [0.1, 0.15) is 232 Å². The standard InChI is InChI=1S/C40H78N2O2/c1-3-5-7-9-11-13-15-17-19-20-21-22-24-26-28-30-32-34-36-38-40(44)42-41-39(43)37-35-33-31-29-27-25-23-18-16-14-12-10-8-6-4-2/h17,19H,3-16,18,20-38H2,1-2H3,(H,41,43)(H,42,44)/b19-17-. The lowest BCUT2D eigenvalue weighted by Crippen LogP contribution is -2.41. The first-order valence-corrected chi connectivity index (χ1v) is 19.9. The molecule has 0 saturated heterocycles. The number of allylic oxidation sites excluding steroid dienone is 2. The van der Waals surface area contributed by atoms with E-state index in [1.54, 1.807) is 0 Å². The molecule has 0 aliphatic carbocycles. The molecule has 260 valence electrons. The molecule has 0 radical (unpaired) electrons. The van der Waals surface area contributed by atoms with Gasteiger partial charge < -0.3 is 0 Å². The zero-order valence-electron chi connectivity index (χ0n) is 30.0. The van der Waals surface area contributed by atoms with Crippen molar-refractivity contribution in [2.24, 2.45) is 0 Å². The molecule has 0 saturated carbocycles. The largest absolute Gasteiger partial charge is 0.273 e. The fourth-order valence-electron chi connectivity index (χ4n) is 5.98. The van der Waals surface area contributed by atoms with Gasteiger partial charge in [-0.2, -0.15) is 0 Å². The molecule has 0 aromatic heterocycles. The van der Waals surface area contributed by atoms with Gasteiger partial charge in [0.05, 0.1) is 0 Å². The predicted octanol–water partition coefficient (Wildman–Crippen LogP) is 13.0. The quantitative estimate of drug-likeness (QED) is 0.0422. The second-order valence-corrected chi connectivity index (χ2v) is 13.5. The maximum atomic E-state index is 12.0. The molecule has 0 aliphatic rings. The maximum Gasteiger partial charge on any atom is 0.238 e. The van der Waals surface area contributed by atoms with Crippen molar-refractivity contribution >= 4 is 11.8 Å². The number of carbonyl (C=O) groups excluding carboxylic acids is 2. The number of hydrogen-bond donors (Lipinski definition) is 2. The van der Waals surface area contributed by atoms with Crippen LogP contribution >= 0.6 is 0 Å². The second kappa shape index (κ2) is 37.9. The van der Waals surface area contributed by atoms with E-state index in [1.807, 2.05) is 0 Å². The zero-order chi connectivity index (χ0) is 32.0. The van der Waals surface area contributed by atoms with E-state index in [1.165, 1.54) is 180 Å². The molecule has 0 heterocycles. The molecule has 4 heteroatoms. The van der Waals surface area contributed by atoms with Gasteiger partial charge in [0.15, 0.2) is 0 Å². The van der Waals surface area contributed by atoms with Gasteiger partial charge in [0, 0.05) is 12.8 Å². The molecule has 0 aromatic carbocycles. The fraction of sp³-hybridized carbons (Fsp3) is 0.900. The van der Waals surface area contributed by atoms with Gasteiger partial charge in [-0.3, -0.25) is 20.4 Å². The van der Waals surface area contributed by atoms with Crippen LogP contribution in [0.3, 0.4) is 0 Å². The minimum absolute atomic E-state index is 0.0581. The minimum atomic E-state index is -0.0594. The smallest absolute Gasteiger partial charge is 0.238 e. The van der Waals surface area contributed by atoms with E-state index >= 15 is 0 Å². The van der Waals surface area contributed by atoms with E-state index in [-0.39, 0.29) is 11.8 Å². The van der Waals surface area contributed by atoms with E-state index < -0.39 is 0 Å². The van der Waals surface area contributed by atoms with Gasteiger partial charge in [-0.05, 0) is 38.5 Å². The van der Waals surface area contributed by atoms with Gasteiger partial charge in [-0.25, -0.2) is 0 Å². The first kappa shape index (κ1) is 42.7. The summed E-state index contributed by atoms with van der Waals surface area (Å²) in [5, 5.41) is 0. The molecule has 0 unspecified atom stereocenters. The Labute approximate surface area is 276 Å². The zero-order valence-corrected chi connectivity index (χ0v) is 30.0. The lowest BCUT2D eigenvalue weighted by atomic mass is 10.0. The summed E-state index contributed by atoms with van der Waals surface area (Å²) in [5.41, 5.74) is 5.20. The van der Waals surface area contributed by atoms with Gasteiger partial charge >= 0.3 is 0 Å². The maximum absolute atomic E-state index is 12.0. The Morgan fingerprint density at radius 1 is 0.341 bits per heavy atom. The topological polar surface area (TPSA) is 58.2 Å². The normalized spacial score (nSPS) is 11.4. The van der Waals surface area contributed by atoms with Crippen LogP contribution in [0.15, 0.2) is 12.2 Å². The molecule has 44 heavy (non-hydrogen) atoms. The highest BCUT2D eigenvalue weighted by atomic mass is 16.2. The molecule has 0 fully saturated rings. The highest BCUT2D eigenvalue weighted by molar-refractivity contribution is 5.81. The van der Waals surface area contributed by atoms with Crippen molar-refractivity contribution in [3.8, 4) is 0 Å². The number of unbranched alkanes of at least 4 members (excludes halogenated alkanes) is 29. The number of hydrazine groups is 1. The summed E-state index contributed by atoms with van der Waals surface area (Å²) in [4.78, 5) is 24.0. The van der Waals surface area contributed by atoms with Crippen LogP contribution in [-0.4, -0.2) is 11.8 Å². The third-order valence-corrected chi connectivity index (χ3v) is 9.01. The average molecular weight is 619 g/mol. The molecule has 0 aliphatic heterocycles. The number of carbonyl (C=O) groups is 2. The van der Waals surface area contributed by atoms with Crippen molar-refractivity contribution in [2.75, 3.05) is 0 Å². The van der Waals surface area contributed by atoms with Gasteiger partial charge in [0.2, 0.25) is 11.8 Å². The first-order valence-electron chi connectivity index (χ1n) is 19.9. The molecule has 0 atom stereocenters. The molecule has 0 rings (SSSR count). The van der Waals surface area contributed by atoms with Crippen molar-refractivity contribution < 1.29 is 9.59 Å². The second-order valence-electron chi connectivity index (χ2n) is 13.5. The average Bonchev–Trinajstić information content (AvgIpc) is 3.03. The van der Waals surface area contributed by atoms with Crippen molar-refractivity contribution in [2.45, 2.75) is 232 Å². The number of hydrogen-bond acceptors (Lipinski definition) is 2. The van der Waals surface area contributed by atoms with E-state index in [4.69, 9.17) is 0 Å². The Bertz CT molecular complexity index is 618. The van der Waals surface area contributed by atoms with E-state index in [9.17, 15) is 9.59 Å². The van der Waals surface area contributed by atoms with E-state index in [0.717, 1.165) is 25.7 Å². The lowest BCUT2D eigenvalue weighted by Gasteiger charge is -2.07. The van der Waals surface area contributed by atoms with Crippen molar-refractivity contribution in [3.63, 3.8) is 0 Å². The third-order valence-electron chi connectivity index (χ3n) is 9.01. The summed E-state index contributed by atoms with van der Waals surface area (Å²) in [6.07, 6.45) is 47.7. The minimum Gasteiger partial charge on any atom is -0.273 e. The molecule has 2 N–H and O–H groups in total. The Morgan fingerprint density at radius 2 is 0.568 bits per heavy atom. The van der Waals surface area contributed by atoms with Crippen LogP contribution in [0.4, 0.5) is 0 Å². The molecular formula is C40H78N2O2. The van der Waals surface area contributed by atoms with Gasteiger partial charge in [0.1, 0.15) is 0 Å². The van der Waals surface area contributed by atoms with Gasteiger partial charge in [-0.15, -0.1) is 0 Å². The van der Waals surface area contributed by atoms with Crippen LogP contribution in [0.2, 0.25) is 0 Å². The molecule has 0 aromatic rings. The van der Waals surface area contributed by atoms with Gasteiger partial charge in [-0.1, -0.05) is 193 Å². The van der Waals surface area contributed by atoms with Gasteiger partial charge in [0.25, 0.3) is 0 Å². The van der Waals surface area contributed by atoms with Crippen LogP contribution in [0.5, 0.6) is 0 Å². The summed E-state index contributed by atoms with van der Waals surface area (Å²) in [6.45, 7) is 4.56. The van der Waals surface area contributed by atoms with Crippen molar-refractivity contribution in [1.29, 1.82) is 0 Å². The van der Waals surface area contributed by atoms with Crippen LogP contribution in [-0.2, 0) is 9.59 Å². The Morgan fingerprint density at radius 3 is 0.841 bits per heavy atom. The molecule has 4 nitrogen and oxygen atoms in total. The number of amides is 2. The molecule has 2 amide bonds. The van der Waals surface area contributed by atoms with Crippen LogP contribution in [0, 0.1) is 0 Å². The van der Waals surface area contributed by atoms with Crippen molar-refractivity contribution in [3.05, 3.63) is 12.2 Å². The fourth-order valence-corrected chi connectivity index (χ4v) is 5.98. The summed E-state index contributed by atoms with van der Waals surface area (Å²) in [6, 6.07) is 0. The highest BCUT2D eigenvalue weighted by Gasteiger charge is 2.05. The van der Waals surface area contributed by atoms with E-state index in [2.05, 4.69) is 36.9 Å². The summed E-state index contributed by atoms with van der Waals surface area (Å²) >= 11 is 0. The summed E-state index contributed by atoms with van der Waals surface area (Å²) in [5.74, 6) is -0.118. The van der Waals surface area contributed by atoms with Crippen molar-refractivity contribution in [1.82, 2.24) is 10.9 Å². The molecule has 0 spiro atoms. The highest BCUT2D eigenvalue weighted by Crippen LogP contribution is 2.14. The summed E-state index contributed by atoms with van der Waals surface area (Å²) in [7, 11) is 0. The monoisotopic (exact) mass is 619 g/mol. The number of rotatable bonds is 35. The van der Waals surface area contributed by atoms with Crippen LogP contribution < -0.4 is 10.9 Å². The Kier molecular flexibility index (Phi) is 36.7. The summed E-state index contributed by atoms with van der Waals surface area (Å²) < 4.78 is 0. The third kappa shape index (κ3) is 36.9. The number of nitrogens with one attached hydrogen (secondary N) is 2. The Hall–Kier alpha value is -1.32.